The maximum absolute atomic E-state index is 13.3. The van der Waals surface area contributed by atoms with E-state index < -0.39 is 0 Å². The summed E-state index contributed by atoms with van der Waals surface area (Å²) in [5.41, 5.74) is 4.56. The molecule has 0 atom stereocenters. The summed E-state index contributed by atoms with van der Waals surface area (Å²) in [7, 11) is 1.69. The molecule has 0 amide bonds. The molecular formula is C27H17FOS2. The first-order chi connectivity index (χ1) is 15.2. The lowest BCUT2D eigenvalue weighted by atomic mass is 10.0. The summed E-state index contributed by atoms with van der Waals surface area (Å²) in [6, 6.07) is 28.2. The Morgan fingerprint density at radius 1 is 0.581 bits per heavy atom. The van der Waals surface area contributed by atoms with Crippen molar-refractivity contribution < 1.29 is 9.13 Å². The summed E-state index contributed by atoms with van der Waals surface area (Å²) >= 11 is 3.69. The largest absolute Gasteiger partial charge is 0.497 e. The van der Waals surface area contributed by atoms with Gasteiger partial charge in [0.15, 0.2) is 0 Å². The van der Waals surface area contributed by atoms with Gasteiger partial charge in [0.2, 0.25) is 0 Å². The first-order valence-corrected chi connectivity index (χ1v) is 11.6. The Morgan fingerprint density at radius 2 is 1.03 bits per heavy atom. The Balaban J connectivity index is 1.45. The van der Waals surface area contributed by atoms with Gasteiger partial charge in [-0.25, -0.2) is 4.39 Å². The standard InChI is InChI=1S/C27H17FOS2/c1-29-21-10-4-17(5-11-21)19-7-13-23-25(15-19)31-26-22-12-6-18(14-24(22)30-27(23)26)16-2-8-20(28)9-3-16/h2-15H,1H3. The third kappa shape index (κ3) is 3.11. The third-order valence-corrected chi connectivity index (χ3v) is 8.18. The summed E-state index contributed by atoms with van der Waals surface area (Å²) in [5.74, 6) is 0.662. The van der Waals surface area contributed by atoms with Gasteiger partial charge in [-0.05, 0) is 58.7 Å². The molecule has 4 heteroatoms. The monoisotopic (exact) mass is 440 g/mol. The van der Waals surface area contributed by atoms with Crippen molar-refractivity contribution in [1.29, 1.82) is 0 Å². The Morgan fingerprint density at radius 3 is 1.52 bits per heavy atom. The molecule has 0 unspecified atom stereocenters. The maximum Gasteiger partial charge on any atom is 0.123 e. The lowest BCUT2D eigenvalue weighted by Crippen LogP contribution is -1.82. The fourth-order valence-electron chi connectivity index (χ4n) is 4.04. The number of hydrogen-bond acceptors (Lipinski definition) is 3. The normalized spacial score (nSPS) is 11.5. The number of thiophene rings is 2. The van der Waals surface area contributed by atoms with Crippen LogP contribution in [0.4, 0.5) is 4.39 Å². The van der Waals surface area contributed by atoms with Crippen LogP contribution >= 0.6 is 22.7 Å². The SMILES string of the molecule is COc1ccc(-c2ccc3c(c2)sc2c4ccc(-c5ccc(F)cc5)cc4sc32)cc1. The second-order valence-electron chi connectivity index (χ2n) is 7.52. The number of benzene rings is 4. The average Bonchev–Trinajstić information content (AvgIpc) is 3.34. The van der Waals surface area contributed by atoms with Crippen molar-refractivity contribution in [2.45, 2.75) is 0 Å². The van der Waals surface area contributed by atoms with Gasteiger partial charge in [0.25, 0.3) is 0 Å². The van der Waals surface area contributed by atoms with Crippen LogP contribution in [-0.2, 0) is 0 Å². The molecule has 2 heterocycles. The minimum Gasteiger partial charge on any atom is -0.497 e. The minimum atomic E-state index is -0.207. The van der Waals surface area contributed by atoms with E-state index in [1.165, 1.54) is 52.8 Å². The topological polar surface area (TPSA) is 9.23 Å². The van der Waals surface area contributed by atoms with Crippen LogP contribution in [0.3, 0.4) is 0 Å². The summed E-state index contributed by atoms with van der Waals surface area (Å²) < 4.78 is 23.8. The zero-order chi connectivity index (χ0) is 20.9. The molecule has 0 bridgehead atoms. The number of fused-ring (bicyclic) bond motifs is 5. The van der Waals surface area contributed by atoms with Crippen LogP contribution in [0.5, 0.6) is 5.75 Å². The van der Waals surface area contributed by atoms with E-state index >= 15 is 0 Å². The van der Waals surface area contributed by atoms with Crippen LogP contribution in [0.1, 0.15) is 0 Å². The van der Waals surface area contributed by atoms with Crippen molar-refractivity contribution in [1.82, 2.24) is 0 Å². The number of ether oxygens (including phenoxy) is 1. The van der Waals surface area contributed by atoms with E-state index in [4.69, 9.17) is 4.74 Å². The molecule has 0 aliphatic rings. The Kier molecular flexibility index (Phi) is 4.30. The highest BCUT2D eigenvalue weighted by Gasteiger charge is 2.14. The molecule has 0 spiro atoms. The van der Waals surface area contributed by atoms with Crippen LogP contribution in [0.2, 0.25) is 0 Å². The van der Waals surface area contributed by atoms with E-state index in [-0.39, 0.29) is 5.82 Å². The highest BCUT2D eigenvalue weighted by Crippen LogP contribution is 2.45. The maximum atomic E-state index is 13.3. The van der Waals surface area contributed by atoms with Gasteiger partial charge < -0.3 is 4.74 Å². The number of halogens is 1. The molecule has 6 rings (SSSR count). The summed E-state index contributed by atoms with van der Waals surface area (Å²) in [6.45, 7) is 0. The predicted octanol–water partition coefficient (Wildman–Crippen LogP) is 8.75. The zero-order valence-corrected chi connectivity index (χ0v) is 18.3. The molecular weight excluding hydrogens is 423 g/mol. The van der Waals surface area contributed by atoms with Crippen molar-refractivity contribution in [3.63, 3.8) is 0 Å². The van der Waals surface area contributed by atoms with Crippen LogP contribution < -0.4 is 4.74 Å². The molecule has 0 saturated heterocycles. The highest BCUT2D eigenvalue weighted by molar-refractivity contribution is 7.36. The van der Waals surface area contributed by atoms with Gasteiger partial charge in [-0.3, -0.25) is 0 Å². The molecule has 0 saturated carbocycles. The van der Waals surface area contributed by atoms with E-state index in [0.717, 1.165) is 16.9 Å². The minimum absolute atomic E-state index is 0.207. The van der Waals surface area contributed by atoms with E-state index in [2.05, 4.69) is 48.5 Å². The van der Waals surface area contributed by atoms with Gasteiger partial charge in [0, 0.05) is 20.2 Å². The van der Waals surface area contributed by atoms with Crippen LogP contribution in [0.25, 0.3) is 51.8 Å². The first-order valence-electron chi connectivity index (χ1n) is 9.99. The number of methoxy groups -OCH3 is 1. The lowest BCUT2D eigenvalue weighted by Gasteiger charge is -2.04. The average molecular weight is 441 g/mol. The Hall–Kier alpha value is -3.21. The Labute approximate surface area is 187 Å². The van der Waals surface area contributed by atoms with Gasteiger partial charge in [0.1, 0.15) is 11.6 Å². The molecule has 0 aliphatic heterocycles. The van der Waals surface area contributed by atoms with Crippen molar-refractivity contribution in [3.8, 4) is 28.0 Å². The smallest absolute Gasteiger partial charge is 0.123 e. The second-order valence-corrected chi connectivity index (χ2v) is 9.62. The molecule has 31 heavy (non-hydrogen) atoms. The van der Waals surface area contributed by atoms with Crippen LogP contribution in [0, 0.1) is 5.82 Å². The van der Waals surface area contributed by atoms with Crippen LogP contribution in [0.15, 0.2) is 84.9 Å². The molecule has 0 fully saturated rings. The summed E-state index contributed by atoms with van der Waals surface area (Å²) in [6.07, 6.45) is 0. The highest BCUT2D eigenvalue weighted by atomic mass is 32.1. The first kappa shape index (κ1) is 18.6. The second kappa shape index (κ2) is 7.19. The van der Waals surface area contributed by atoms with E-state index in [0.29, 0.717) is 0 Å². The number of rotatable bonds is 3. The molecule has 150 valence electrons. The van der Waals surface area contributed by atoms with Gasteiger partial charge in [-0.1, -0.05) is 48.5 Å². The quantitative estimate of drug-likeness (QED) is 0.267. The van der Waals surface area contributed by atoms with E-state index in [1.54, 1.807) is 7.11 Å². The fourth-order valence-corrected chi connectivity index (χ4v) is 6.77. The van der Waals surface area contributed by atoms with Crippen molar-refractivity contribution in [3.05, 3.63) is 90.7 Å². The number of hydrogen-bond donors (Lipinski definition) is 0. The summed E-state index contributed by atoms with van der Waals surface area (Å²) in [5, 5.41) is 2.60. The Bertz CT molecular complexity index is 1560. The van der Waals surface area contributed by atoms with Crippen LogP contribution in [-0.4, -0.2) is 7.11 Å². The van der Waals surface area contributed by atoms with Crippen molar-refractivity contribution >= 4 is 52.2 Å². The molecule has 2 aromatic heterocycles. The van der Waals surface area contributed by atoms with Crippen molar-refractivity contribution in [2.24, 2.45) is 0 Å². The van der Waals surface area contributed by atoms with Gasteiger partial charge in [0.05, 0.1) is 16.5 Å². The lowest BCUT2D eigenvalue weighted by molar-refractivity contribution is 0.415. The van der Waals surface area contributed by atoms with Gasteiger partial charge in [-0.2, -0.15) is 0 Å². The summed E-state index contributed by atoms with van der Waals surface area (Å²) in [4.78, 5) is 0. The predicted molar refractivity (Wildman–Crippen MR) is 132 cm³/mol. The van der Waals surface area contributed by atoms with Gasteiger partial charge >= 0.3 is 0 Å². The molecule has 0 aliphatic carbocycles. The van der Waals surface area contributed by atoms with Crippen molar-refractivity contribution in [2.75, 3.05) is 7.11 Å². The van der Waals surface area contributed by atoms with E-state index in [1.807, 2.05) is 46.9 Å². The molecule has 1 nitrogen and oxygen atoms in total. The van der Waals surface area contributed by atoms with E-state index in [9.17, 15) is 4.39 Å². The molecule has 6 aromatic rings. The zero-order valence-electron chi connectivity index (χ0n) is 16.7. The third-order valence-electron chi connectivity index (χ3n) is 5.68. The van der Waals surface area contributed by atoms with Gasteiger partial charge in [-0.15, -0.1) is 22.7 Å². The fraction of sp³-hybridized carbons (Fsp3) is 0.0370. The molecule has 0 N–H and O–H groups in total. The molecule has 4 aromatic carbocycles. The molecule has 0 radical (unpaired) electrons.